The Labute approximate surface area is 150 Å². The molecule has 0 aliphatic carbocycles. The summed E-state index contributed by atoms with van der Waals surface area (Å²) in [5, 5.41) is 23.2. The van der Waals surface area contributed by atoms with Crippen molar-refractivity contribution >= 4 is 11.6 Å². The van der Waals surface area contributed by atoms with Crippen molar-refractivity contribution < 1.29 is 15.0 Å². The molecule has 26 heavy (non-hydrogen) atoms. The molecule has 0 saturated heterocycles. The Hall–Kier alpha value is -2.71. The van der Waals surface area contributed by atoms with Crippen molar-refractivity contribution in [2.24, 2.45) is 0 Å². The molecule has 1 unspecified atom stereocenters. The van der Waals surface area contributed by atoms with Gasteiger partial charge in [0, 0.05) is 25.0 Å². The number of pyridine rings is 1. The molecule has 3 aromatic rings. The smallest absolute Gasteiger partial charge is 0.274 e. The van der Waals surface area contributed by atoms with Gasteiger partial charge in [-0.05, 0) is 31.5 Å². The van der Waals surface area contributed by atoms with Crippen LogP contribution >= 0.6 is 0 Å². The molecule has 1 aliphatic rings. The van der Waals surface area contributed by atoms with Crippen LogP contribution in [-0.2, 0) is 13.1 Å². The van der Waals surface area contributed by atoms with Gasteiger partial charge in [-0.1, -0.05) is 6.07 Å². The molecule has 0 spiro atoms. The lowest BCUT2D eigenvalue weighted by Gasteiger charge is -2.18. The number of fused-ring (bicyclic) bond motifs is 2. The van der Waals surface area contributed by atoms with E-state index in [9.17, 15) is 9.90 Å². The average Bonchev–Trinajstić information content (AvgIpc) is 3.20. The van der Waals surface area contributed by atoms with Gasteiger partial charge >= 0.3 is 0 Å². The molecule has 0 aromatic carbocycles. The van der Waals surface area contributed by atoms with Crippen molar-refractivity contribution in [3.8, 4) is 0 Å². The fraction of sp³-hybridized carbons (Fsp3) is 0.389. The second-order valence-electron chi connectivity index (χ2n) is 6.58. The number of carbonyl (C=O) groups excluding carboxylic acids is 1. The normalized spacial score (nSPS) is 15.7. The lowest BCUT2D eigenvalue weighted by atomic mass is 10.2. The second kappa shape index (κ2) is 6.54. The standard InChI is InChI=1S/C18H21N5O3/c1-12-4-2-5-17-19-15(10-22(12)17)18(26)21-6-3-7-23-13(9-21)8-14(20-23)16(25)11-24/h2,4-5,8,10,16,24-25H,3,6-7,9,11H2,1H3. The minimum Gasteiger partial charge on any atom is -0.393 e. The maximum Gasteiger partial charge on any atom is 0.274 e. The number of aryl methyl sites for hydroxylation is 2. The van der Waals surface area contributed by atoms with E-state index < -0.39 is 6.10 Å². The van der Waals surface area contributed by atoms with Gasteiger partial charge in [0.05, 0.1) is 24.5 Å². The van der Waals surface area contributed by atoms with Gasteiger partial charge in [0.1, 0.15) is 17.4 Å². The first kappa shape index (κ1) is 16.7. The van der Waals surface area contributed by atoms with E-state index in [4.69, 9.17) is 5.11 Å². The van der Waals surface area contributed by atoms with Gasteiger partial charge in [-0.25, -0.2) is 4.98 Å². The zero-order chi connectivity index (χ0) is 18.3. The van der Waals surface area contributed by atoms with E-state index in [0.717, 1.165) is 23.5 Å². The number of hydrogen-bond donors (Lipinski definition) is 2. The number of aliphatic hydroxyl groups excluding tert-OH is 2. The summed E-state index contributed by atoms with van der Waals surface area (Å²) in [7, 11) is 0. The molecule has 4 rings (SSSR count). The van der Waals surface area contributed by atoms with Crippen LogP contribution in [0.4, 0.5) is 0 Å². The zero-order valence-electron chi connectivity index (χ0n) is 14.5. The molecule has 4 heterocycles. The number of aliphatic hydroxyl groups is 2. The van der Waals surface area contributed by atoms with E-state index in [1.807, 2.05) is 29.5 Å². The first-order valence-corrected chi connectivity index (χ1v) is 8.66. The number of carbonyl (C=O) groups is 1. The molecule has 0 saturated carbocycles. The average molecular weight is 355 g/mol. The van der Waals surface area contributed by atoms with Gasteiger partial charge in [-0.15, -0.1) is 0 Å². The molecular formula is C18H21N5O3. The summed E-state index contributed by atoms with van der Waals surface area (Å²) in [6, 6.07) is 7.52. The minimum atomic E-state index is -1.00. The topological polar surface area (TPSA) is 95.9 Å². The Kier molecular flexibility index (Phi) is 4.21. The molecule has 8 heteroatoms. The Morgan fingerprint density at radius 3 is 2.96 bits per heavy atom. The van der Waals surface area contributed by atoms with Crippen molar-refractivity contribution in [1.82, 2.24) is 24.1 Å². The number of amides is 1. The van der Waals surface area contributed by atoms with Crippen LogP contribution in [0.3, 0.4) is 0 Å². The predicted molar refractivity (Wildman–Crippen MR) is 93.6 cm³/mol. The van der Waals surface area contributed by atoms with E-state index in [2.05, 4.69) is 10.1 Å². The molecule has 0 fully saturated rings. The van der Waals surface area contributed by atoms with Crippen LogP contribution in [0.2, 0.25) is 0 Å². The maximum atomic E-state index is 13.0. The molecule has 3 aromatic heterocycles. The third-order valence-electron chi connectivity index (χ3n) is 4.75. The Balaban J connectivity index is 1.61. The first-order valence-electron chi connectivity index (χ1n) is 8.66. The van der Waals surface area contributed by atoms with Crippen LogP contribution in [0.15, 0.2) is 30.5 Å². The summed E-state index contributed by atoms with van der Waals surface area (Å²) >= 11 is 0. The van der Waals surface area contributed by atoms with E-state index in [1.54, 1.807) is 21.8 Å². The highest BCUT2D eigenvalue weighted by molar-refractivity contribution is 5.93. The van der Waals surface area contributed by atoms with Gasteiger partial charge in [0.2, 0.25) is 0 Å². The summed E-state index contributed by atoms with van der Waals surface area (Å²) in [6.45, 7) is 3.28. The van der Waals surface area contributed by atoms with E-state index in [1.165, 1.54) is 0 Å². The maximum absolute atomic E-state index is 13.0. The fourth-order valence-corrected chi connectivity index (χ4v) is 3.33. The first-order chi connectivity index (χ1) is 12.6. The highest BCUT2D eigenvalue weighted by Gasteiger charge is 2.24. The van der Waals surface area contributed by atoms with Crippen LogP contribution in [0.1, 0.15) is 40.1 Å². The minimum absolute atomic E-state index is 0.119. The molecule has 8 nitrogen and oxygen atoms in total. The van der Waals surface area contributed by atoms with E-state index in [-0.39, 0.29) is 12.5 Å². The van der Waals surface area contributed by atoms with Crippen LogP contribution in [0.5, 0.6) is 0 Å². The van der Waals surface area contributed by atoms with Gasteiger partial charge < -0.3 is 19.5 Å². The Morgan fingerprint density at radius 2 is 2.19 bits per heavy atom. The van der Waals surface area contributed by atoms with Crippen LogP contribution < -0.4 is 0 Å². The third-order valence-corrected chi connectivity index (χ3v) is 4.75. The Morgan fingerprint density at radius 1 is 1.35 bits per heavy atom. The van der Waals surface area contributed by atoms with Crippen molar-refractivity contribution in [1.29, 1.82) is 0 Å². The Bertz CT molecular complexity index is 961. The van der Waals surface area contributed by atoms with Crippen LogP contribution in [-0.4, -0.2) is 53.3 Å². The van der Waals surface area contributed by atoms with Crippen molar-refractivity contribution in [2.75, 3.05) is 13.2 Å². The number of hydrogen-bond acceptors (Lipinski definition) is 5. The number of nitrogens with zero attached hydrogens (tertiary/aromatic N) is 5. The fourth-order valence-electron chi connectivity index (χ4n) is 3.33. The van der Waals surface area contributed by atoms with Gasteiger partial charge in [0.15, 0.2) is 0 Å². The summed E-state index contributed by atoms with van der Waals surface area (Å²) in [6.07, 6.45) is 1.54. The van der Waals surface area contributed by atoms with E-state index >= 15 is 0 Å². The highest BCUT2D eigenvalue weighted by Crippen LogP contribution is 2.20. The molecule has 2 N–H and O–H groups in total. The van der Waals surface area contributed by atoms with Gasteiger partial charge in [0.25, 0.3) is 5.91 Å². The van der Waals surface area contributed by atoms with Crippen LogP contribution in [0, 0.1) is 6.92 Å². The number of aromatic nitrogens is 4. The second-order valence-corrected chi connectivity index (χ2v) is 6.58. The number of rotatable bonds is 3. The lowest BCUT2D eigenvalue weighted by Crippen LogP contribution is -2.31. The molecule has 1 aliphatic heterocycles. The van der Waals surface area contributed by atoms with E-state index in [0.29, 0.717) is 31.0 Å². The third kappa shape index (κ3) is 2.87. The van der Waals surface area contributed by atoms with Gasteiger partial charge in [-0.2, -0.15) is 5.10 Å². The monoisotopic (exact) mass is 355 g/mol. The zero-order valence-corrected chi connectivity index (χ0v) is 14.5. The van der Waals surface area contributed by atoms with Crippen molar-refractivity contribution in [2.45, 2.75) is 32.5 Å². The summed E-state index contributed by atoms with van der Waals surface area (Å²) in [5.74, 6) is -0.119. The predicted octanol–water partition coefficient (Wildman–Crippen LogP) is 0.911. The molecule has 136 valence electrons. The summed E-state index contributed by atoms with van der Waals surface area (Å²) in [4.78, 5) is 19.2. The molecule has 1 atom stereocenters. The lowest BCUT2D eigenvalue weighted by molar-refractivity contribution is 0.0740. The molecule has 0 bridgehead atoms. The summed E-state index contributed by atoms with van der Waals surface area (Å²) < 4.78 is 3.71. The van der Waals surface area contributed by atoms with Gasteiger partial charge in [-0.3, -0.25) is 9.48 Å². The highest BCUT2D eigenvalue weighted by atomic mass is 16.3. The van der Waals surface area contributed by atoms with Crippen molar-refractivity contribution in [3.63, 3.8) is 0 Å². The summed E-state index contributed by atoms with van der Waals surface area (Å²) in [5.41, 5.74) is 3.47. The number of imidazole rings is 1. The SMILES string of the molecule is Cc1cccc2nc(C(=O)N3CCCn4nc(C(O)CO)cc4C3)cn12. The molecule has 0 radical (unpaired) electrons. The molecule has 1 amide bonds. The largest absolute Gasteiger partial charge is 0.393 e. The molecular weight excluding hydrogens is 334 g/mol. The van der Waals surface area contributed by atoms with Crippen LogP contribution in [0.25, 0.3) is 5.65 Å². The quantitative estimate of drug-likeness (QED) is 0.728. The van der Waals surface area contributed by atoms with Crippen molar-refractivity contribution in [3.05, 3.63) is 53.2 Å².